The summed E-state index contributed by atoms with van der Waals surface area (Å²) in [6.07, 6.45) is 1.51. The molecule has 26 heavy (non-hydrogen) atoms. The van der Waals surface area contributed by atoms with Crippen LogP contribution in [0.5, 0.6) is 0 Å². The van der Waals surface area contributed by atoms with E-state index in [1.807, 2.05) is 0 Å². The van der Waals surface area contributed by atoms with E-state index >= 15 is 0 Å². The van der Waals surface area contributed by atoms with Crippen LogP contribution in [0, 0.1) is 11.6 Å². The average Bonchev–Trinajstić information content (AvgIpc) is 2.90. The van der Waals surface area contributed by atoms with E-state index < -0.39 is 28.7 Å². The number of rotatable bonds is 4. The topological polar surface area (TPSA) is 66.4 Å². The molecule has 0 fully saturated rings. The van der Waals surface area contributed by atoms with Crippen LogP contribution in [-0.2, 0) is 26.4 Å². The fraction of sp³-hybridized carbons (Fsp3) is 0.105. The number of hydrogen-bond acceptors (Lipinski definition) is 4. The number of benzene rings is 2. The maximum Gasteiger partial charge on any atom is 0.344 e. The Balaban J connectivity index is 2.20. The Kier molecular flexibility index (Phi) is 5.11. The fourth-order valence-corrected chi connectivity index (χ4v) is 3.24. The van der Waals surface area contributed by atoms with Crippen molar-refractivity contribution in [1.29, 1.82) is 0 Å². The monoisotopic (exact) mass is 375 g/mol. The van der Waals surface area contributed by atoms with Crippen molar-refractivity contribution in [3.8, 4) is 0 Å². The molecule has 1 atom stereocenters. The first-order valence-corrected chi connectivity index (χ1v) is 8.89. The van der Waals surface area contributed by atoms with Crippen LogP contribution in [0.4, 0.5) is 8.78 Å². The molecular weight excluding hydrogens is 362 g/mol. The number of carbonyl (C=O) groups is 1. The second-order valence-corrected chi connectivity index (χ2v) is 6.46. The second kappa shape index (κ2) is 7.31. The summed E-state index contributed by atoms with van der Waals surface area (Å²) in [5.74, 6) is -2.10. The van der Waals surface area contributed by atoms with Crippen LogP contribution in [0.2, 0.25) is 0 Å². The van der Waals surface area contributed by atoms with Gasteiger partial charge in [0.2, 0.25) is 0 Å². The molecule has 3 rings (SSSR count). The summed E-state index contributed by atoms with van der Waals surface area (Å²) in [6.45, 7) is 1.63. The van der Waals surface area contributed by atoms with E-state index in [1.165, 1.54) is 42.5 Å². The zero-order valence-electron chi connectivity index (χ0n) is 13.6. The van der Waals surface area contributed by atoms with Gasteiger partial charge in [0.25, 0.3) is 0 Å². The van der Waals surface area contributed by atoms with E-state index in [4.69, 9.17) is 4.74 Å². The van der Waals surface area contributed by atoms with Crippen LogP contribution in [0.15, 0.2) is 54.3 Å². The van der Waals surface area contributed by atoms with Crippen molar-refractivity contribution in [3.63, 3.8) is 0 Å². The first-order valence-electron chi connectivity index (χ1n) is 7.64. The minimum Gasteiger partial charge on any atom is -0.772 e. The van der Waals surface area contributed by atoms with Crippen molar-refractivity contribution in [2.45, 2.75) is 12.7 Å². The lowest BCUT2D eigenvalue weighted by molar-refractivity contribution is -0.131. The van der Waals surface area contributed by atoms with Gasteiger partial charge in [0, 0.05) is 16.9 Å². The summed E-state index contributed by atoms with van der Waals surface area (Å²) in [6, 6.07) is 9.32. The zero-order valence-corrected chi connectivity index (χ0v) is 14.4. The van der Waals surface area contributed by atoms with Crippen LogP contribution in [-0.4, -0.2) is 14.7 Å². The van der Waals surface area contributed by atoms with E-state index in [0.29, 0.717) is 0 Å². The highest BCUT2D eigenvalue weighted by molar-refractivity contribution is 7.78. The van der Waals surface area contributed by atoms with E-state index in [2.05, 4.69) is 0 Å². The van der Waals surface area contributed by atoms with Crippen molar-refractivity contribution in [3.05, 3.63) is 82.6 Å². The third-order valence-corrected chi connectivity index (χ3v) is 4.44. The molecule has 0 amide bonds. The van der Waals surface area contributed by atoms with Crippen LogP contribution in [0.1, 0.15) is 23.6 Å². The maximum absolute atomic E-state index is 14.7. The van der Waals surface area contributed by atoms with Crippen LogP contribution in [0.25, 0.3) is 11.1 Å². The van der Waals surface area contributed by atoms with E-state index in [0.717, 1.165) is 6.07 Å². The van der Waals surface area contributed by atoms with E-state index in [-0.39, 0.29) is 39.3 Å². The predicted molar refractivity (Wildman–Crippen MR) is 92.1 cm³/mol. The number of carbonyl (C=O) groups excluding carboxylic acids is 1. The van der Waals surface area contributed by atoms with Crippen molar-refractivity contribution in [2.75, 3.05) is 0 Å². The lowest BCUT2D eigenvalue weighted by atomic mass is 9.94. The summed E-state index contributed by atoms with van der Waals surface area (Å²) in [5, 5.41) is 0. The fourth-order valence-electron chi connectivity index (χ4n) is 2.79. The molecule has 0 spiro atoms. The molecule has 1 heterocycles. The van der Waals surface area contributed by atoms with Gasteiger partial charge < -0.3 is 9.29 Å². The molecule has 7 heteroatoms. The SMILES string of the molecule is CC=C1OC(=O)C(c2cccc(F)c2)=C1c1ccc(CS(=O)[O-])cc1F. The molecular formula is C19H13F2O4S-. The Morgan fingerprint density at radius 1 is 1.15 bits per heavy atom. The quantitative estimate of drug-likeness (QED) is 0.604. The van der Waals surface area contributed by atoms with Gasteiger partial charge in [-0.3, -0.25) is 4.21 Å². The summed E-state index contributed by atoms with van der Waals surface area (Å²) in [4.78, 5) is 12.3. The third kappa shape index (κ3) is 3.49. The number of hydrogen-bond donors (Lipinski definition) is 0. The Morgan fingerprint density at radius 3 is 2.54 bits per heavy atom. The van der Waals surface area contributed by atoms with Gasteiger partial charge in [0.15, 0.2) is 0 Å². The smallest absolute Gasteiger partial charge is 0.344 e. The van der Waals surface area contributed by atoms with E-state index in [9.17, 15) is 22.3 Å². The summed E-state index contributed by atoms with van der Waals surface area (Å²) < 4.78 is 55.0. The molecule has 0 saturated carbocycles. The van der Waals surface area contributed by atoms with Gasteiger partial charge >= 0.3 is 5.97 Å². The number of ether oxygens (including phenoxy) is 1. The molecule has 0 N–H and O–H groups in total. The molecule has 2 aromatic carbocycles. The molecule has 2 aromatic rings. The van der Waals surface area contributed by atoms with Crippen LogP contribution < -0.4 is 0 Å². The van der Waals surface area contributed by atoms with Crippen molar-refractivity contribution < 1.29 is 27.1 Å². The second-order valence-electron chi connectivity index (χ2n) is 5.57. The van der Waals surface area contributed by atoms with Crippen LogP contribution in [0.3, 0.4) is 0 Å². The van der Waals surface area contributed by atoms with Crippen LogP contribution >= 0.6 is 0 Å². The number of halogens is 2. The molecule has 134 valence electrons. The Hall–Kier alpha value is -2.64. The van der Waals surface area contributed by atoms with Gasteiger partial charge in [-0.2, -0.15) is 0 Å². The Bertz CT molecular complexity index is 979. The third-order valence-electron chi connectivity index (χ3n) is 3.87. The number of allylic oxidation sites excluding steroid dienone is 2. The van der Waals surface area contributed by atoms with Crippen molar-refractivity contribution in [2.24, 2.45) is 0 Å². The molecule has 1 aliphatic rings. The normalized spacial score (nSPS) is 16.9. The van der Waals surface area contributed by atoms with Crippen molar-refractivity contribution >= 4 is 28.2 Å². The van der Waals surface area contributed by atoms with Gasteiger partial charge in [-0.1, -0.05) is 35.3 Å². The lowest BCUT2D eigenvalue weighted by Gasteiger charge is -2.10. The standard InChI is InChI=1S/C19H14F2O4S/c1-2-16-18(14-7-6-11(8-15(14)21)10-26(23)24)17(19(22)25-16)12-4-3-5-13(20)9-12/h2-9H,10H2,1H3,(H,23,24)/p-1. The minimum absolute atomic E-state index is 0.0525. The molecule has 0 radical (unpaired) electrons. The zero-order chi connectivity index (χ0) is 18.8. The summed E-state index contributed by atoms with van der Waals surface area (Å²) >= 11 is -2.35. The largest absolute Gasteiger partial charge is 0.772 e. The van der Waals surface area contributed by atoms with E-state index in [1.54, 1.807) is 6.92 Å². The van der Waals surface area contributed by atoms with Gasteiger partial charge in [0.05, 0.1) is 5.57 Å². The molecule has 4 nitrogen and oxygen atoms in total. The van der Waals surface area contributed by atoms with Gasteiger partial charge in [-0.25, -0.2) is 13.6 Å². The van der Waals surface area contributed by atoms with Gasteiger partial charge in [-0.05, 0) is 42.3 Å². The maximum atomic E-state index is 14.7. The number of cyclic esters (lactones) is 1. The highest BCUT2D eigenvalue weighted by atomic mass is 32.2. The molecule has 0 aliphatic carbocycles. The number of esters is 1. The summed E-state index contributed by atoms with van der Waals surface area (Å²) in [5.41, 5.74) is 0.876. The molecule has 0 aromatic heterocycles. The Morgan fingerprint density at radius 2 is 1.92 bits per heavy atom. The molecule has 0 saturated heterocycles. The minimum atomic E-state index is -2.35. The lowest BCUT2D eigenvalue weighted by Crippen LogP contribution is -1.99. The average molecular weight is 375 g/mol. The first kappa shape index (κ1) is 18.2. The first-order chi connectivity index (χ1) is 12.4. The van der Waals surface area contributed by atoms with Gasteiger partial charge in [0.1, 0.15) is 17.4 Å². The summed E-state index contributed by atoms with van der Waals surface area (Å²) in [7, 11) is 0. The molecule has 1 aliphatic heterocycles. The Labute approximate surface area is 151 Å². The molecule has 1 unspecified atom stereocenters. The highest BCUT2D eigenvalue weighted by Gasteiger charge is 2.33. The van der Waals surface area contributed by atoms with Gasteiger partial charge in [-0.15, -0.1) is 0 Å². The molecule has 0 bridgehead atoms. The van der Waals surface area contributed by atoms with Crippen molar-refractivity contribution in [1.82, 2.24) is 0 Å². The highest BCUT2D eigenvalue weighted by Crippen LogP contribution is 2.40. The predicted octanol–water partition coefficient (Wildman–Crippen LogP) is 3.72.